The van der Waals surface area contributed by atoms with E-state index in [2.05, 4.69) is 5.32 Å². The number of amides is 1. The lowest BCUT2D eigenvalue weighted by Crippen LogP contribution is -2.42. The summed E-state index contributed by atoms with van der Waals surface area (Å²) < 4.78 is 35.9. The highest BCUT2D eigenvalue weighted by atomic mass is 19.4. The molecule has 1 aliphatic rings. The van der Waals surface area contributed by atoms with Crippen molar-refractivity contribution in [2.45, 2.75) is 39.0 Å². The summed E-state index contributed by atoms with van der Waals surface area (Å²) >= 11 is 0. The van der Waals surface area contributed by atoms with Gasteiger partial charge in [-0.25, -0.2) is 0 Å². The minimum absolute atomic E-state index is 0.0276. The topological polar surface area (TPSA) is 32.3 Å². The van der Waals surface area contributed by atoms with Crippen molar-refractivity contribution in [2.75, 3.05) is 13.1 Å². The fourth-order valence-corrected chi connectivity index (χ4v) is 1.87. The van der Waals surface area contributed by atoms with E-state index in [1.807, 2.05) is 13.8 Å². The minimum Gasteiger partial charge on any atom is -0.326 e. The zero-order valence-electron chi connectivity index (χ0n) is 9.47. The lowest BCUT2D eigenvalue weighted by molar-refractivity contribution is -0.139. The van der Waals surface area contributed by atoms with Crippen molar-refractivity contribution < 1.29 is 18.0 Å². The van der Waals surface area contributed by atoms with Gasteiger partial charge >= 0.3 is 6.18 Å². The van der Waals surface area contributed by atoms with Crippen LogP contribution in [0.4, 0.5) is 13.2 Å². The number of nitrogens with zero attached hydrogens (tertiary/aromatic N) is 1. The molecule has 0 aromatic rings. The number of hydrogen-bond acceptors (Lipinski definition) is 2. The molecule has 0 spiro atoms. The van der Waals surface area contributed by atoms with E-state index in [9.17, 15) is 18.0 Å². The van der Waals surface area contributed by atoms with E-state index in [1.165, 1.54) is 4.90 Å². The Morgan fingerprint density at radius 1 is 1.50 bits per heavy atom. The summed E-state index contributed by atoms with van der Waals surface area (Å²) in [5.41, 5.74) is 0. The molecule has 1 amide bonds. The van der Waals surface area contributed by atoms with Crippen LogP contribution in [0.3, 0.4) is 0 Å². The van der Waals surface area contributed by atoms with Gasteiger partial charge in [0, 0.05) is 13.0 Å². The summed E-state index contributed by atoms with van der Waals surface area (Å²) in [4.78, 5) is 12.9. The van der Waals surface area contributed by atoms with Gasteiger partial charge in [0.15, 0.2) is 0 Å². The molecule has 1 atom stereocenters. The smallest absolute Gasteiger partial charge is 0.326 e. The standard InChI is InChI=1S/C10H17F3N2O/c1-7(2)9-14-6-8(16)15(9)5-3-4-10(11,12)13/h7,9,14H,3-6H2,1-2H3. The van der Waals surface area contributed by atoms with Crippen LogP contribution in [-0.2, 0) is 4.79 Å². The summed E-state index contributed by atoms with van der Waals surface area (Å²) in [7, 11) is 0. The number of carbonyl (C=O) groups excluding carboxylic acids is 1. The Hall–Kier alpha value is -0.780. The summed E-state index contributed by atoms with van der Waals surface area (Å²) in [5, 5.41) is 3.00. The highest BCUT2D eigenvalue weighted by Crippen LogP contribution is 2.22. The van der Waals surface area contributed by atoms with E-state index in [0.29, 0.717) is 0 Å². The Morgan fingerprint density at radius 3 is 2.62 bits per heavy atom. The molecule has 1 unspecified atom stereocenters. The molecule has 0 saturated carbocycles. The van der Waals surface area contributed by atoms with Crippen molar-refractivity contribution in [3.63, 3.8) is 0 Å². The molecule has 0 bridgehead atoms. The molecule has 1 rings (SSSR count). The van der Waals surface area contributed by atoms with Gasteiger partial charge < -0.3 is 4.90 Å². The van der Waals surface area contributed by atoms with Crippen molar-refractivity contribution in [1.82, 2.24) is 10.2 Å². The van der Waals surface area contributed by atoms with Crippen LogP contribution in [0.5, 0.6) is 0 Å². The van der Waals surface area contributed by atoms with Gasteiger partial charge in [0.05, 0.1) is 12.7 Å². The second-order valence-electron chi connectivity index (χ2n) is 4.38. The predicted molar refractivity (Wildman–Crippen MR) is 53.6 cm³/mol. The summed E-state index contributed by atoms with van der Waals surface area (Å²) in [6, 6.07) is 0. The number of hydrogen-bond donors (Lipinski definition) is 1. The highest BCUT2D eigenvalue weighted by molar-refractivity contribution is 5.80. The van der Waals surface area contributed by atoms with Crippen LogP contribution in [0, 0.1) is 5.92 Å². The van der Waals surface area contributed by atoms with Gasteiger partial charge in [-0.05, 0) is 12.3 Å². The fraction of sp³-hybridized carbons (Fsp3) is 0.900. The van der Waals surface area contributed by atoms with Crippen molar-refractivity contribution in [3.8, 4) is 0 Å². The molecule has 1 aliphatic heterocycles. The molecule has 94 valence electrons. The number of halogens is 3. The zero-order valence-corrected chi connectivity index (χ0v) is 9.47. The van der Waals surface area contributed by atoms with Gasteiger partial charge in [-0.15, -0.1) is 0 Å². The van der Waals surface area contributed by atoms with Crippen LogP contribution < -0.4 is 5.32 Å². The van der Waals surface area contributed by atoms with E-state index in [0.717, 1.165) is 0 Å². The van der Waals surface area contributed by atoms with E-state index in [-0.39, 0.29) is 37.5 Å². The molecule has 0 aromatic carbocycles. The number of rotatable bonds is 4. The van der Waals surface area contributed by atoms with Crippen molar-refractivity contribution in [1.29, 1.82) is 0 Å². The van der Waals surface area contributed by atoms with Crippen molar-refractivity contribution in [3.05, 3.63) is 0 Å². The zero-order chi connectivity index (χ0) is 12.3. The first-order valence-corrected chi connectivity index (χ1v) is 5.41. The monoisotopic (exact) mass is 238 g/mol. The third-order valence-corrected chi connectivity index (χ3v) is 2.61. The molecule has 1 fully saturated rings. The normalized spacial score (nSPS) is 22.2. The maximum absolute atomic E-state index is 12.0. The summed E-state index contributed by atoms with van der Waals surface area (Å²) in [6.45, 7) is 4.28. The Labute approximate surface area is 93.0 Å². The Kier molecular flexibility index (Phi) is 4.18. The molecule has 0 aliphatic carbocycles. The molecule has 0 radical (unpaired) electrons. The SMILES string of the molecule is CC(C)C1NCC(=O)N1CCCC(F)(F)F. The largest absolute Gasteiger partial charge is 0.389 e. The van der Waals surface area contributed by atoms with Gasteiger partial charge in [0.2, 0.25) is 5.91 Å². The number of alkyl halides is 3. The van der Waals surface area contributed by atoms with Gasteiger partial charge in [0.1, 0.15) is 0 Å². The van der Waals surface area contributed by atoms with Crippen LogP contribution in [0.15, 0.2) is 0 Å². The predicted octanol–water partition coefficient (Wildman–Crippen LogP) is 1.74. The van der Waals surface area contributed by atoms with Crippen LogP contribution in [-0.4, -0.2) is 36.2 Å². The first kappa shape index (κ1) is 13.3. The third-order valence-electron chi connectivity index (χ3n) is 2.61. The lowest BCUT2D eigenvalue weighted by Gasteiger charge is -2.27. The van der Waals surface area contributed by atoms with E-state index < -0.39 is 12.6 Å². The molecular weight excluding hydrogens is 221 g/mol. The Balaban J connectivity index is 2.42. The maximum atomic E-state index is 12.0. The maximum Gasteiger partial charge on any atom is 0.389 e. The minimum atomic E-state index is -4.14. The molecule has 0 aromatic heterocycles. The Morgan fingerprint density at radius 2 is 2.12 bits per heavy atom. The van der Waals surface area contributed by atoms with E-state index >= 15 is 0 Å². The quantitative estimate of drug-likeness (QED) is 0.809. The molecule has 3 nitrogen and oxygen atoms in total. The molecule has 1 heterocycles. The number of nitrogens with one attached hydrogen (secondary N) is 1. The molecule has 16 heavy (non-hydrogen) atoms. The summed E-state index contributed by atoms with van der Waals surface area (Å²) in [5.74, 6) is 0.0956. The third kappa shape index (κ3) is 3.66. The van der Waals surface area contributed by atoms with Crippen LogP contribution in [0.1, 0.15) is 26.7 Å². The van der Waals surface area contributed by atoms with Gasteiger partial charge in [-0.2, -0.15) is 13.2 Å². The average molecular weight is 238 g/mol. The first-order valence-electron chi connectivity index (χ1n) is 5.41. The highest BCUT2D eigenvalue weighted by Gasteiger charge is 2.33. The molecule has 6 heteroatoms. The van der Waals surface area contributed by atoms with E-state index in [1.54, 1.807) is 0 Å². The van der Waals surface area contributed by atoms with Crippen molar-refractivity contribution in [2.24, 2.45) is 5.92 Å². The van der Waals surface area contributed by atoms with E-state index in [4.69, 9.17) is 0 Å². The Bertz CT molecular complexity index is 253. The lowest BCUT2D eigenvalue weighted by atomic mass is 10.1. The summed E-state index contributed by atoms with van der Waals surface area (Å²) in [6.07, 6.45) is -5.12. The fourth-order valence-electron chi connectivity index (χ4n) is 1.87. The molecule has 1 N–H and O–H groups in total. The first-order chi connectivity index (χ1) is 7.31. The average Bonchev–Trinajstić information content (AvgIpc) is 2.46. The van der Waals surface area contributed by atoms with Gasteiger partial charge in [-0.1, -0.05) is 13.8 Å². The van der Waals surface area contributed by atoms with Crippen LogP contribution >= 0.6 is 0 Å². The second-order valence-corrected chi connectivity index (χ2v) is 4.38. The molecular formula is C10H17F3N2O. The molecule has 1 saturated heterocycles. The van der Waals surface area contributed by atoms with Crippen LogP contribution in [0.25, 0.3) is 0 Å². The van der Waals surface area contributed by atoms with Gasteiger partial charge in [-0.3, -0.25) is 10.1 Å². The van der Waals surface area contributed by atoms with Crippen LogP contribution in [0.2, 0.25) is 0 Å². The van der Waals surface area contributed by atoms with Crippen molar-refractivity contribution >= 4 is 5.91 Å². The number of carbonyl (C=O) groups is 1. The second kappa shape index (κ2) is 5.03. The van der Waals surface area contributed by atoms with Gasteiger partial charge in [0.25, 0.3) is 0 Å².